The summed E-state index contributed by atoms with van der Waals surface area (Å²) in [6.45, 7) is 8.36. The molecule has 0 spiro atoms. The van der Waals surface area contributed by atoms with Gasteiger partial charge in [-0.15, -0.1) is 0 Å². The highest BCUT2D eigenvalue weighted by Gasteiger charge is 2.17. The monoisotopic (exact) mass is 229 g/mol. The third kappa shape index (κ3) is 5.47. The van der Waals surface area contributed by atoms with Crippen molar-refractivity contribution in [2.45, 2.75) is 33.2 Å². The molecule has 1 unspecified atom stereocenters. The average Bonchev–Trinajstić information content (AvgIpc) is 2.24. The lowest BCUT2D eigenvalue weighted by Crippen LogP contribution is -2.42. The quantitative estimate of drug-likeness (QED) is 0.701. The highest BCUT2D eigenvalue weighted by atomic mass is 16.2. The number of carbonyl (C=O) groups is 1. The summed E-state index contributed by atoms with van der Waals surface area (Å²) in [5.41, 5.74) is 5.42. The fraction of sp³-hybridized carbons (Fsp3) is 0.917. The molecule has 0 aliphatic carbocycles. The zero-order chi connectivity index (χ0) is 12.7. The fourth-order valence-electron chi connectivity index (χ4n) is 1.44. The zero-order valence-electron chi connectivity index (χ0n) is 11.4. The highest BCUT2D eigenvalue weighted by molar-refractivity contribution is 5.77. The Morgan fingerprint density at radius 1 is 1.25 bits per heavy atom. The van der Waals surface area contributed by atoms with Crippen molar-refractivity contribution in [2.75, 3.05) is 33.7 Å². The molecule has 0 aromatic rings. The molecule has 1 atom stereocenters. The maximum Gasteiger partial charge on any atom is 0.236 e. The number of amides is 1. The first-order valence-corrected chi connectivity index (χ1v) is 6.04. The van der Waals surface area contributed by atoms with Crippen LogP contribution in [0.4, 0.5) is 0 Å². The summed E-state index contributed by atoms with van der Waals surface area (Å²) in [5, 5.41) is 0. The largest absolute Gasteiger partial charge is 0.345 e. The second-order valence-electron chi connectivity index (χ2n) is 4.86. The number of nitrogens with zero attached hydrogens (tertiary/aromatic N) is 2. The molecule has 0 radical (unpaired) electrons. The van der Waals surface area contributed by atoms with Crippen LogP contribution in [-0.4, -0.2) is 55.5 Å². The third-order valence-corrected chi connectivity index (χ3v) is 3.17. The van der Waals surface area contributed by atoms with Gasteiger partial charge in [-0.2, -0.15) is 0 Å². The molecule has 2 N–H and O–H groups in total. The predicted octanol–water partition coefficient (Wildman–Crippen LogP) is 0.770. The van der Waals surface area contributed by atoms with Gasteiger partial charge >= 0.3 is 0 Å². The second kappa shape index (κ2) is 7.63. The van der Waals surface area contributed by atoms with Crippen LogP contribution in [-0.2, 0) is 4.79 Å². The summed E-state index contributed by atoms with van der Waals surface area (Å²) in [5.74, 6) is 0.732. The smallest absolute Gasteiger partial charge is 0.236 e. The van der Waals surface area contributed by atoms with Crippen molar-refractivity contribution in [3.63, 3.8) is 0 Å². The minimum absolute atomic E-state index is 0.170. The van der Waals surface area contributed by atoms with Gasteiger partial charge in [-0.25, -0.2) is 0 Å². The first kappa shape index (κ1) is 15.4. The first-order chi connectivity index (χ1) is 7.40. The van der Waals surface area contributed by atoms with Crippen LogP contribution in [0.2, 0.25) is 0 Å². The van der Waals surface area contributed by atoms with Crippen LogP contribution in [0.5, 0.6) is 0 Å². The lowest BCUT2D eigenvalue weighted by molar-refractivity contribution is -0.131. The van der Waals surface area contributed by atoms with Crippen LogP contribution in [0.15, 0.2) is 0 Å². The third-order valence-electron chi connectivity index (χ3n) is 3.17. The Morgan fingerprint density at radius 2 is 1.81 bits per heavy atom. The van der Waals surface area contributed by atoms with E-state index in [-0.39, 0.29) is 5.91 Å². The van der Waals surface area contributed by atoms with Crippen LogP contribution < -0.4 is 5.73 Å². The second-order valence-corrected chi connectivity index (χ2v) is 4.86. The molecule has 0 aliphatic heterocycles. The van der Waals surface area contributed by atoms with Crippen LogP contribution in [0, 0.1) is 5.92 Å². The summed E-state index contributed by atoms with van der Waals surface area (Å²) >= 11 is 0. The minimum Gasteiger partial charge on any atom is -0.345 e. The van der Waals surface area contributed by atoms with Crippen LogP contribution in [0.1, 0.15) is 27.2 Å². The van der Waals surface area contributed by atoms with Crippen molar-refractivity contribution in [2.24, 2.45) is 11.7 Å². The van der Waals surface area contributed by atoms with Gasteiger partial charge in [-0.3, -0.25) is 9.69 Å². The van der Waals surface area contributed by atoms with E-state index in [0.29, 0.717) is 25.0 Å². The van der Waals surface area contributed by atoms with Crippen LogP contribution in [0.3, 0.4) is 0 Å². The zero-order valence-corrected chi connectivity index (χ0v) is 11.4. The lowest BCUT2D eigenvalue weighted by Gasteiger charge is -2.29. The summed E-state index contributed by atoms with van der Waals surface area (Å²) in [4.78, 5) is 15.7. The Kier molecular flexibility index (Phi) is 7.34. The van der Waals surface area contributed by atoms with E-state index in [1.54, 1.807) is 4.90 Å². The molecule has 0 fully saturated rings. The minimum atomic E-state index is 0.170. The molecule has 96 valence electrons. The fourth-order valence-corrected chi connectivity index (χ4v) is 1.44. The molecule has 4 heteroatoms. The van der Waals surface area contributed by atoms with E-state index in [1.807, 2.05) is 14.1 Å². The molecular weight excluding hydrogens is 202 g/mol. The van der Waals surface area contributed by atoms with Gasteiger partial charge in [0.25, 0.3) is 0 Å². The maximum absolute atomic E-state index is 11.8. The molecule has 0 aromatic carbocycles. The van der Waals surface area contributed by atoms with Crippen LogP contribution >= 0.6 is 0 Å². The van der Waals surface area contributed by atoms with Gasteiger partial charge in [0, 0.05) is 19.6 Å². The molecule has 16 heavy (non-hydrogen) atoms. The predicted molar refractivity (Wildman–Crippen MR) is 68.2 cm³/mol. The van der Waals surface area contributed by atoms with Crippen LogP contribution in [0.25, 0.3) is 0 Å². The Morgan fingerprint density at radius 3 is 2.25 bits per heavy atom. The van der Waals surface area contributed by atoms with Gasteiger partial charge in [0.05, 0.1) is 6.54 Å². The number of rotatable bonds is 7. The Labute approximate surface area is 99.8 Å². The summed E-state index contributed by atoms with van der Waals surface area (Å²) in [7, 11) is 3.84. The summed E-state index contributed by atoms with van der Waals surface area (Å²) in [6.07, 6.45) is 0.867. The number of nitrogens with two attached hydrogens (primary N) is 1. The maximum atomic E-state index is 11.8. The van der Waals surface area contributed by atoms with E-state index < -0.39 is 0 Å². The SMILES string of the molecule is CC(C)C(C)N(C)CC(=O)N(C)CCCN. The van der Waals surface area contributed by atoms with Gasteiger partial charge < -0.3 is 10.6 Å². The van der Waals surface area contributed by atoms with Gasteiger partial charge in [-0.1, -0.05) is 13.8 Å². The van der Waals surface area contributed by atoms with E-state index in [9.17, 15) is 4.79 Å². The van der Waals surface area contributed by atoms with Crippen molar-refractivity contribution in [3.8, 4) is 0 Å². The Bertz CT molecular complexity index is 206. The van der Waals surface area contributed by atoms with Gasteiger partial charge in [0.2, 0.25) is 5.91 Å². The number of hydrogen-bond acceptors (Lipinski definition) is 3. The van der Waals surface area contributed by atoms with E-state index >= 15 is 0 Å². The summed E-state index contributed by atoms with van der Waals surface area (Å²) < 4.78 is 0. The van der Waals surface area contributed by atoms with Gasteiger partial charge in [0.15, 0.2) is 0 Å². The molecule has 0 bridgehead atoms. The molecule has 0 heterocycles. The normalized spacial score (nSPS) is 13.2. The molecule has 0 aliphatic rings. The van der Waals surface area contributed by atoms with Gasteiger partial charge in [0.1, 0.15) is 0 Å². The molecule has 4 nitrogen and oxygen atoms in total. The summed E-state index contributed by atoms with van der Waals surface area (Å²) in [6, 6.07) is 0.423. The standard InChI is InChI=1S/C12H27N3O/c1-10(2)11(3)15(5)9-12(16)14(4)8-6-7-13/h10-11H,6-9,13H2,1-5H3. The van der Waals surface area contributed by atoms with Crippen molar-refractivity contribution >= 4 is 5.91 Å². The van der Waals surface area contributed by atoms with Crippen molar-refractivity contribution < 1.29 is 4.79 Å². The molecule has 0 aromatic heterocycles. The van der Waals surface area contributed by atoms with E-state index in [0.717, 1.165) is 13.0 Å². The van der Waals surface area contributed by atoms with Crippen molar-refractivity contribution in [1.82, 2.24) is 9.80 Å². The first-order valence-electron chi connectivity index (χ1n) is 6.04. The number of hydrogen-bond donors (Lipinski definition) is 1. The molecule has 0 saturated heterocycles. The van der Waals surface area contributed by atoms with Crippen molar-refractivity contribution in [1.29, 1.82) is 0 Å². The highest BCUT2D eigenvalue weighted by Crippen LogP contribution is 2.07. The Balaban J connectivity index is 4.03. The molecule has 0 saturated carbocycles. The molecule has 0 rings (SSSR count). The van der Waals surface area contributed by atoms with E-state index in [2.05, 4.69) is 25.7 Å². The topological polar surface area (TPSA) is 49.6 Å². The Hall–Kier alpha value is -0.610. The average molecular weight is 229 g/mol. The van der Waals surface area contributed by atoms with Crippen molar-refractivity contribution in [3.05, 3.63) is 0 Å². The van der Waals surface area contributed by atoms with E-state index in [4.69, 9.17) is 5.73 Å². The van der Waals surface area contributed by atoms with Gasteiger partial charge in [-0.05, 0) is 32.9 Å². The molecule has 1 amide bonds. The lowest BCUT2D eigenvalue weighted by atomic mass is 10.1. The van der Waals surface area contributed by atoms with E-state index in [1.165, 1.54) is 0 Å². The number of likely N-dealkylation sites (N-methyl/N-ethyl adjacent to an activating group) is 2. The number of carbonyl (C=O) groups excluding carboxylic acids is 1. The molecular formula is C12H27N3O.